The Labute approximate surface area is 136 Å². The van der Waals surface area contributed by atoms with E-state index in [2.05, 4.69) is 22.4 Å². The van der Waals surface area contributed by atoms with Gasteiger partial charge in [-0.05, 0) is 26.0 Å². The van der Waals surface area contributed by atoms with Gasteiger partial charge in [-0.15, -0.1) is 11.3 Å². The first-order valence-electron chi connectivity index (χ1n) is 6.32. The highest BCUT2D eigenvalue weighted by atomic mass is 35.5. The van der Waals surface area contributed by atoms with Crippen molar-refractivity contribution in [3.05, 3.63) is 44.5 Å². The number of aryl methyl sites for hydroxylation is 2. The number of nitrogens with zero attached hydrogens (tertiary/aromatic N) is 3. The number of thiazole rings is 1. The minimum atomic E-state index is 0.299. The third-order valence-electron chi connectivity index (χ3n) is 3.47. The zero-order valence-corrected chi connectivity index (χ0v) is 13.8. The SMILES string of the molecule is Cc1sc2nc(-c3ccc(Cl)c(Cl)c3)c(CC#N)n2c1C. The van der Waals surface area contributed by atoms with E-state index in [0.717, 1.165) is 27.6 Å². The average molecular weight is 336 g/mol. The Morgan fingerprint density at radius 2 is 2.05 bits per heavy atom. The third kappa shape index (κ3) is 2.32. The molecule has 3 nitrogen and oxygen atoms in total. The molecule has 0 saturated carbocycles. The fraction of sp³-hybridized carbons (Fsp3) is 0.200. The second kappa shape index (κ2) is 5.34. The molecule has 0 spiro atoms. The van der Waals surface area contributed by atoms with Crippen LogP contribution in [0.5, 0.6) is 0 Å². The number of rotatable bonds is 2. The summed E-state index contributed by atoms with van der Waals surface area (Å²) >= 11 is 13.7. The summed E-state index contributed by atoms with van der Waals surface area (Å²) in [6.45, 7) is 4.10. The molecule has 106 valence electrons. The Bertz CT molecular complexity index is 887. The molecule has 0 radical (unpaired) electrons. The highest BCUT2D eigenvalue weighted by molar-refractivity contribution is 7.17. The van der Waals surface area contributed by atoms with E-state index >= 15 is 0 Å². The topological polar surface area (TPSA) is 41.1 Å². The standard InChI is InChI=1S/C15H11Cl2N3S/c1-8-9(2)21-15-19-14(13(5-6-18)20(8)15)10-3-4-11(16)12(17)7-10/h3-4,7H,5H2,1-2H3. The molecule has 1 aromatic carbocycles. The Hall–Kier alpha value is -1.54. The van der Waals surface area contributed by atoms with Crippen LogP contribution in [0.1, 0.15) is 16.3 Å². The van der Waals surface area contributed by atoms with Crippen LogP contribution in [0.2, 0.25) is 10.0 Å². The van der Waals surface area contributed by atoms with Gasteiger partial charge in [0.15, 0.2) is 4.96 Å². The van der Waals surface area contributed by atoms with E-state index in [1.54, 1.807) is 23.5 Å². The van der Waals surface area contributed by atoms with Gasteiger partial charge in [0.05, 0.1) is 33.9 Å². The van der Waals surface area contributed by atoms with Gasteiger partial charge in [0.25, 0.3) is 0 Å². The first-order valence-corrected chi connectivity index (χ1v) is 7.90. The summed E-state index contributed by atoms with van der Waals surface area (Å²) in [4.78, 5) is 6.79. The quantitative estimate of drug-likeness (QED) is 0.657. The number of hydrogen-bond acceptors (Lipinski definition) is 3. The normalized spacial score (nSPS) is 11.0. The molecule has 0 bridgehead atoms. The Morgan fingerprint density at radius 1 is 1.29 bits per heavy atom. The molecule has 0 aliphatic rings. The highest BCUT2D eigenvalue weighted by Gasteiger charge is 2.18. The Balaban J connectivity index is 2.29. The minimum absolute atomic E-state index is 0.299. The fourth-order valence-electron chi connectivity index (χ4n) is 2.33. The van der Waals surface area contributed by atoms with Crippen molar-refractivity contribution in [2.75, 3.05) is 0 Å². The number of fused-ring (bicyclic) bond motifs is 1. The van der Waals surface area contributed by atoms with Crippen molar-refractivity contribution >= 4 is 39.5 Å². The van der Waals surface area contributed by atoms with Gasteiger partial charge in [-0.25, -0.2) is 4.98 Å². The molecule has 6 heteroatoms. The lowest BCUT2D eigenvalue weighted by atomic mass is 10.1. The van der Waals surface area contributed by atoms with Crippen LogP contribution in [0.3, 0.4) is 0 Å². The number of nitriles is 1. The van der Waals surface area contributed by atoms with E-state index in [9.17, 15) is 0 Å². The second-order valence-electron chi connectivity index (χ2n) is 4.73. The van der Waals surface area contributed by atoms with E-state index in [1.807, 2.05) is 13.0 Å². The zero-order valence-electron chi connectivity index (χ0n) is 11.4. The van der Waals surface area contributed by atoms with Gasteiger partial charge in [0.2, 0.25) is 0 Å². The van der Waals surface area contributed by atoms with Gasteiger partial charge in [-0.1, -0.05) is 29.3 Å². The molecular formula is C15H11Cl2N3S. The summed E-state index contributed by atoms with van der Waals surface area (Å²) in [6, 6.07) is 7.64. The largest absolute Gasteiger partial charge is 0.290 e. The maximum absolute atomic E-state index is 9.13. The fourth-order valence-corrected chi connectivity index (χ4v) is 3.61. The maximum atomic E-state index is 9.13. The van der Waals surface area contributed by atoms with E-state index in [-0.39, 0.29) is 0 Å². The first kappa shape index (κ1) is 14.4. The van der Waals surface area contributed by atoms with Crippen molar-refractivity contribution in [1.29, 1.82) is 5.26 Å². The average Bonchev–Trinajstić information content (AvgIpc) is 2.92. The molecule has 3 aromatic rings. The van der Waals surface area contributed by atoms with Gasteiger partial charge in [-0.2, -0.15) is 5.26 Å². The predicted octanol–water partition coefficient (Wildman–Crippen LogP) is 5.05. The lowest BCUT2D eigenvalue weighted by Crippen LogP contribution is -1.95. The third-order valence-corrected chi connectivity index (χ3v) is 5.27. The van der Waals surface area contributed by atoms with Gasteiger partial charge in [-0.3, -0.25) is 4.40 Å². The van der Waals surface area contributed by atoms with Gasteiger partial charge >= 0.3 is 0 Å². The van der Waals surface area contributed by atoms with Crippen molar-refractivity contribution < 1.29 is 0 Å². The van der Waals surface area contributed by atoms with Crippen LogP contribution >= 0.6 is 34.5 Å². The monoisotopic (exact) mass is 335 g/mol. The summed E-state index contributed by atoms with van der Waals surface area (Å²) in [5.74, 6) is 0. The lowest BCUT2D eigenvalue weighted by molar-refractivity contribution is 1.02. The maximum Gasteiger partial charge on any atom is 0.194 e. The second-order valence-corrected chi connectivity index (χ2v) is 6.73. The van der Waals surface area contributed by atoms with Crippen LogP contribution in [-0.4, -0.2) is 9.38 Å². The molecule has 0 unspecified atom stereocenters. The zero-order chi connectivity index (χ0) is 15.1. The van der Waals surface area contributed by atoms with Crippen LogP contribution in [-0.2, 0) is 6.42 Å². The van der Waals surface area contributed by atoms with Crippen LogP contribution in [0.15, 0.2) is 18.2 Å². The summed E-state index contributed by atoms with van der Waals surface area (Å²) in [7, 11) is 0. The minimum Gasteiger partial charge on any atom is -0.290 e. The Morgan fingerprint density at radius 3 is 2.71 bits per heavy atom. The van der Waals surface area contributed by atoms with Gasteiger partial charge in [0, 0.05) is 16.1 Å². The van der Waals surface area contributed by atoms with Crippen LogP contribution in [0.4, 0.5) is 0 Å². The number of aromatic nitrogens is 2. The molecule has 2 heterocycles. The molecule has 0 aliphatic carbocycles. The molecule has 0 saturated heterocycles. The van der Waals surface area contributed by atoms with Crippen LogP contribution in [0.25, 0.3) is 16.2 Å². The van der Waals surface area contributed by atoms with Crippen LogP contribution in [0, 0.1) is 25.2 Å². The molecule has 0 amide bonds. The number of imidazole rings is 1. The van der Waals surface area contributed by atoms with E-state index in [4.69, 9.17) is 28.5 Å². The van der Waals surface area contributed by atoms with Gasteiger partial charge < -0.3 is 0 Å². The van der Waals surface area contributed by atoms with Crippen molar-refractivity contribution in [2.24, 2.45) is 0 Å². The number of benzene rings is 1. The molecule has 0 N–H and O–H groups in total. The van der Waals surface area contributed by atoms with Crippen LogP contribution < -0.4 is 0 Å². The van der Waals surface area contributed by atoms with Crippen molar-refractivity contribution in [2.45, 2.75) is 20.3 Å². The molecule has 21 heavy (non-hydrogen) atoms. The molecule has 0 fully saturated rings. The van der Waals surface area contributed by atoms with Crippen molar-refractivity contribution in [3.63, 3.8) is 0 Å². The predicted molar refractivity (Wildman–Crippen MR) is 87.3 cm³/mol. The molecular weight excluding hydrogens is 325 g/mol. The number of hydrogen-bond donors (Lipinski definition) is 0. The van der Waals surface area contributed by atoms with E-state index in [1.165, 1.54) is 4.88 Å². The molecule has 0 atom stereocenters. The van der Waals surface area contributed by atoms with E-state index < -0.39 is 0 Å². The van der Waals surface area contributed by atoms with Crippen molar-refractivity contribution in [3.8, 4) is 17.3 Å². The summed E-state index contributed by atoms with van der Waals surface area (Å²) < 4.78 is 2.06. The highest BCUT2D eigenvalue weighted by Crippen LogP contribution is 2.33. The number of halogens is 2. The summed E-state index contributed by atoms with van der Waals surface area (Å²) in [5.41, 5.74) is 3.69. The lowest BCUT2D eigenvalue weighted by Gasteiger charge is -2.04. The summed E-state index contributed by atoms with van der Waals surface area (Å²) in [5, 5.41) is 10.1. The molecule has 2 aromatic heterocycles. The molecule has 0 aliphatic heterocycles. The first-order chi connectivity index (χ1) is 10.0. The van der Waals surface area contributed by atoms with Crippen molar-refractivity contribution in [1.82, 2.24) is 9.38 Å². The molecule has 3 rings (SSSR count). The van der Waals surface area contributed by atoms with E-state index in [0.29, 0.717) is 16.5 Å². The Kier molecular flexibility index (Phi) is 3.66. The van der Waals surface area contributed by atoms with Gasteiger partial charge in [0.1, 0.15) is 0 Å². The smallest absolute Gasteiger partial charge is 0.194 e. The summed E-state index contributed by atoms with van der Waals surface area (Å²) in [6.07, 6.45) is 0.299.